The molecule has 2 rings (SSSR count). The highest BCUT2D eigenvalue weighted by atomic mass is 127. The molecule has 0 aliphatic rings. The Balaban J connectivity index is 0.00000420. The zero-order valence-corrected chi connectivity index (χ0v) is 20.0. The molecule has 0 aliphatic carbocycles. The number of ether oxygens (including phenoxy) is 3. The Morgan fingerprint density at radius 3 is 2.31 bits per heavy atom. The number of nitrogens with one attached hydrogen (secondary N) is 2. The highest BCUT2D eigenvalue weighted by molar-refractivity contribution is 14.0. The summed E-state index contributed by atoms with van der Waals surface area (Å²) in [6.45, 7) is 7.01. The third-order valence-electron chi connectivity index (χ3n) is 4.12. The molecule has 7 heteroatoms. The molecule has 0 bridgehead atoms. The van der Waals surface area contributed by atoms with Crippen LogP contribution in [0.2, 0.25) is 0 Å². The highest BCUT2D eigenvalue weighted by Crippen LogP contribution is 2.20. The Labute approximate surface area is 191 Å². The number of benzene rings is 2. The molecular weight excluding hydrogens is 481 g/mol. The van der Waals surface area contributed by atoms with Crippen LogP contribution in [0, 0.1) is 13.8 Å². The summed E-state index contributed by atoms with van der Waals surface area (Å²) in [5.41, 5.74) is 3.45. The zero-order valence-electron chi connectivity index (χ0n) is 17.7. The zero-order chi connectivity index (χ0) is 20.2. The number of halogens is 1. The molecule has 0 atom stereocenters. The molecule has 0 spiro atoms. The van der Waals surface area contributed by atoms with Crippen molar-refractivity contribution in [3.8, 4) is 11.5 Å². The second-order valence-electron chi connectivity index (χ2n) is 6.47. The lowest BCUT2D eigenvalue weighted by atomic mass is 10.1. The van der Waals surface area contributed by atoms with Crippen molar-refractivity contribution >= 4 is 29.9 Å². The highest BCUT2D eigenvalue weighted by Gasteiger charge is 2.06. The average Bonchev–Trinajstić information content (AvgIpc) is 2.70. The Morgan fingerprint density at radius 2 is 1.62 bits per heavy atom. The SMILES string of the molecule is CN=C(NCCOc1ccc(C)cc1)NCc1ccc(C)cc1OCCOC.I. The molecule has 2 aromatic rings. The number of hydrogen-bond donors (Lipinski definition) is 2. The maximum atomic E-state index is 5.83. The van der Waals surface area contributed by atoms with Crippen LogP contribution in [-0.2, 0) is 11.3 Å². The molecule has 6 nitrogen and oxygen atoms in total. The van der Waals surface area contributed by atoms with Gasteiger partial charge >= 0.3 is 0 Å². The molecule has 160 valence electrons. The van der Waals surface area contributed by atoms with Gasteiger partial charge in [0, 0.05) is 26.3 Å². The van der Waals surface area contributed by atoms with E-state index in [0.717, 1.165) is 28.6 Å². The molecule has 29 heavy (non-hydrogen) atoms. The lowest BCUT2D eigenvalue weighted by molar-refractivity contribution is 0.145. The monoisotopic (exact) mass is 513 g/mol. The van der Waals surface area contributed by atoms with Crippen molar-refractivity contribution < 1.29 is 14.2 Å². The van der Waals surface area contributed by atoms with E-state index < -0.39 is 0 Å². The molecule has 0 saturated carbocycles. The van der Waals surface area contributed by atoms with Crippen LogP contribution in [0.25, 0.3) is 0 Å². The third kappa shape index (κ3) is 9.36. The predicted molar refractivity (Wildman–Crippen MR) is 129 cm³/mol. The minimum atomic E-state index is 0. The standard InChI is InChI=1S/C22H31N3O3.HI/c1-17-6-9-20(10-7-17)27-12-11-24-22(23-3)25-16-19-8-5-18(2)15-21(19)28-14-13-26-4;/h5-10,15H,11-14,16H2,1-4H3,(H2,23,24,25);1H. The van der Waals surface area contributed by atoms with Gasteiger partial charge in [-0.1, -0.05) is 29.8 Å². The summed E-state index contributed by atoms with van der Waals surface area (Å²) in [5, 5.41) is 6.57. The van der Waals surface area contributed by atoms with Crippen molar-refractivity contribution in [1.82, 2.24) is 10.6 Å². The van der Waals surface area contributed by atoms with Gasteiger partial charge in [0.25, 0.3) is 0 Å². The number of methoxy groups -OCH3 is 1. The van der Waals surface area contributed by atoms with E-state index in [-0.39, 0.29) is 24.0 Å². The van der Waals surface area contributed by atoms with Crippen LogP contribution in [-0.4, -0.2) is 46.5 Å². The van der Waals surface area contributed by atoms with Gasteiger partial charge < -0.3 is 24.8 Å². The van der Waals surface area contributed by atoms with E-state index in [9.17, 15) is 0 Å². The van der Waals surface area contributed by atoms with Crippen LogP contribution in [0.5, 0.6) is 11.5 Å². The minimum Gasteiger partial charge on any atom is -0.492 e. The Kier molecular flexibility index (Phi) is 12.1. The van der Waals surface area contributed by atoms with Gasteiger partial charge in [-0.15, -0.1) is 24.0 Å². The topological polar surface area (TPSA) is 64.1 Å². The van der Waals surface area contributed by atoms with Gasteiger partial charge in [-0.05, 0) is 37.6 Å². The summed E-state index contributed by atoms with van der Waals surface area (Å²) in [5.74, 6) is 2.45. The molecule has 0 radical (unpaired) electrons. The summed E-state index contributed by atoms with van der Waals surface area (Å²) >= 11 is 0. The Morgan fingerprint density at radius 1 is 0.897 bits per heavy atom. The van der Waals surface area contributed by atoms with Crippen molar-refractivity contribution in [2.24, 2.45) is 4.99 Å². The number of rotatable bonds is 10. The lowest BCUT2D eigenvalue weighted by Gasteiger charge is -2.15. The molecule has 0 saturated heterocycles. The van der Waals surface area contributed by atoms with Gasteiger partial charge in [-0.2, -0.15) is 0 Å². The summed E-state index contributed by atoms with van der Waals surface area (Å²) < 4.78 is 16.6. The molecule has 0 fully saturated rings. The third-order valence-corrected chi connectivity index (χ3v) is 4.12. The molecule has 0 unspecified atom stereocenters. The smallest absolute Gasteiger partial charge is 0.191 e. The maximum Gasteiger partial charge on any atom is 0.191 e. The summed E-state index contributed by atoms with van der Waals surface area (Å²) in [6.07, 6.45) is 0. The van der Waals surface area contributed by atoms with Crippen molar-refractivity contribution in [3.05, 3.63) is 59.2 Å². The normalized spacial score (nSPS) is 10.8. The summed E-state index contributed by atoms with van der Waals surface area (Å²) in [4.78, 5) is 4.26. The van der Waals surface area contributed by atoms with Gasteiger partial charge in [0.2, 0.25) is 0 Å². The first-order chi connectivity index (χ1) is 13.6. The van der Waals surface area contributed by atoms with E-state index in [2.05, 4.69) is 41.6 Å². The second kappa shape index (κ2) is 14.1. The van der Waals surface area contributed by atoms with Crippen molar-refractivity contribution in [2.75, 3.05) is 40.5 Å². The molecule has 0 heterocycles. The van der Waals surface area contributed by atoms with E-state index in [1.807, 2.05) is 30.3 Å². The van der Waals surface area contributed by atoms with E-state index in [0.29, 0.717) is 32.9 Å². The molecule has 0 aliphatic heterocycles. The average molecular weight is 513 g/mol. The van der Waals surface area contributed by atoms with E-state index in [1.54, 1.807) is 14.2 Å². The largest absolute Gasteiger partial charge is 0.492 e. The first kappa shape index (κ1) is 25.0. The van der Waals surface area contributed by atoms with Crippen LogP contribution in [0.15, 0.2) is 47.5 Å². The van der Waals surface area contributed by atoms with Crippen molar-refractivity contribution in [3.63, 3.8) is 0 Å². The molecular formula is C22H32IN3O3. The van der Waals surface area contributed by atoms with Gasteiger partial charge in [0.1, 0.15) is 24.7 Å². The first-order valence-corrected chi connectivity index (χ1v) is 9.47. The summed E-state index contributed by atoms with van der Waals surface area (Å²) in [6, 6.07) is 14.2. The summed E-state index contributed by atoms with van der Waals surface area (Å²) in [7, 11) is 3.42. The fraction of sp³-hybridized carbons (Fsp3) is 0.409. The quantitative estimate of drug-likeness (QED) is 0.220. The molecule has 2 aromatic carbocycles. The van der Waals surface area contributed by atoms with Crippen LogP contribution in [0.4, 0.5) is 0 Å². The maximum absolute atomic E-state index is 5.83. The Hall–Kier alpha value is -2.00. The van der Waals surface area contributed by atoms with Crippen LogP contribution in [0.3, 0.4) is 0 Å². The van der Waals surface area contributed by atoms with Crippen molar-refractivity contribution in [2.45, 2.75) is 20.4 Å². The van der Waals surface area contributed by atoms with Gasteiger partial charge in [-0.25, -0.2) is 0 Å². The predicted octanol–water partition coefficient (Wildman–Crippen LogP) is 3.69. The van der Waals surface area contributed by atoms with Crippen LogP contribution >= 0.6 is 24.0 Å². The minimum absolute atomic E-state index is 0. The van der Waals surface area contributed by atoms with Gasteiger partial charge in [-0.3, -0.25) is 4.99 Å². The number of hydrogen-bond acceptors (Lipinski definition) is 4. The second-order valence-corrected chi connectivity index (χ2v) is 6.47. The molecule has 0 aromatic heterocycles. The van der Waals surface area contributed by atoms with E-state index in [4.69, 9.17) is 14.2 Å². The van der Waals surface area contributed by atoms with Gasteiger partial charge in [0.15, 0.2) is 5.96 Å². The number of guanidine groups is 1. The fourth-order valence-electron chi connectivity index (χ4n) is 2.55. The fourth-order valence-corrected chi connectivity index (χ4v) is 2.55. The lowest BCUT2D eigenvalue weighted by Crippen LogP contribution is -2.39. The van der Waals surface area contributed by atoms with Crippen LogP contribution < -0.4 is 20.1 Å². The number of nitrogens with zero attached hydrogens (tertiary/aromatic N) is 1. The number of aryl methyl sites for hydroxylation is 2. The van der Waals surface area contributed by atoms with Gasteiger partial charge in [0.05, 0.1) is 13.2 Å². The number of aliphatic imine (C=N–C) groups is 1. The Bertz CT molecular complexity index is 751. The van der Waals surface area contributed by atoms with Crippen molar-refractivity contribution in [1.29, 1.82) is 0 Å². The molecule has 0 amide bonds. The van der Waals surface area contributed by atoms with E-state index in [1.165, 1.54) is 5.56 Å². The van der Waals surface area contributed by atoms with Crippen LogP contribution in [0.1, 0.15) is 16.7 Å². The first-order valence-electron chi connectivity index (χ1n) is 9.47. The van der Waals surface area contributed by atoms with E-state index >= 15 is 0 Å². The molecule has 2 N–H and O–H groups in total.